The fourth-order valence-electron chi connectivity index (χ4n) is 2.67. The Morgan fingerprint density at radius 3 is 2.79 bits per heavy atom. The van der Waals surface area contributed by atoms with Crippen LogP contribution in [0.15, 0.2) is 47.5 Å². The molecule has 0 amide bonds. The van der Waals surface area contributed by atoms with E-state index < -0.39 is 0 Å². The second-order valence-electron chi connectivity index (χ2n) is 5.68. The molecule has 24 heavy (non-hydrogen) atoms. The highest BCUT2D eigenvalue weighted by Crippen LogP contribution is 2.25. The van der Waals surface area contributed by atoms with E-state index in [1.807, 2.05) is 30.4 Å². The van der Waals surface area contributed by atoms with Crippen molar-refractivity contribution >= 4 is 35.0 Å². The first-order valence-corrected chi connectivity index (χ1v) is 8.86. The van der Waals surface area contributed by atoms with Gasteiger partial charge >= 0.3 is 0 Å². The number of aliphatic imine (C=N–C) groups is 1. The van der Waals surface area contributed by atoms with Crippen LogP contribution in [-0.4, -0.2) is 18.9 Å². The molecule has 0 atom stereocenters. The third-order valence-corrected chi connectivity index (χ3v) is 4.43. The zero-order chi connectivity index (χ0) is 16.9. The molecule has 4 heteroatoms. The van der Waals surface area contributed by atoms with Gasteiger partial charge in [-0.3, -0.25) is 4.99 Å². The SMILES string of the molecule is CCCOc1ccc2c(c1)CCN=C2C=Cc1ccc(Cl)cc1Cl. The van der Waals surface area contributed by atoms with E-state index in [1.165, 1.54) is 5.56 Å². The van der Waals surface area contributed by atoms with Crippen molar-refractivity contribution in [2.24, 2.45) is 4.99 Å². The minimum absolute atomic E-state index is 0.636. The average Bonchev–Trinajstić information content (AvgIpc) is 2.59. The van der Waals surface area contributed by atoms with Crippen molar-refractivity contribution in [1.82, 2.24) is 0 Å². The molecule has 2 nitrogen and oxygen atoms in total. The van der Waals surface area contributed by atoms with Crippen molar-refractivity contribution in [2.45, 2.75) is 19.8 Å². The summed E-state index contributed by atoms with van der Waals surface area (Å²) in [6, 6.07) is 11.7. The quantitative estimate of drug-likeness (QED) is 0.656. The van der Waals surface area contributed by atoms with Gasteiger partial charge in [0.05, 0.1) is 12.3 Å². The van der Waals surface area contributed by atoms with E-state index in [-0.39, 0.29) is 0 Å². The molecular formula is C20H19Cl2NO. The Morgan fingerprint density at radius 1 is 1.12 bits per heavy atom. The summed E-state index contributed by atoms with van der Waals surface area (Å²) in [6.07, 6.45) is 5.94. The molecule has 2 aromatic carbocycles. The molecule has 0 N–H and O–H groups in total. The van der Waals surface area contributed by atoms with Crippen LogP contribution < -0.4 is 4.74 Å². The zero-order valence-corrected chi connectivity index (χ0v) is 15.1. The predicted octanol–water partition coefficient (Wildman–Crippen LogP) is 5.84. The smallest absolute Gasteiger partial charge is 0.119 e. The summed E-state index contributed by atoms with van der Waals surface area (Å²) in [5, 5.41) is 1.27. The number of rotatable bonds is 5. The summed E-state index contributed by atoms with van der Waals surface area (Å²) in [6.45, 7) is 3.64. The Morgan fingerprint density at radius 2 is 2.00 bits per heavy atom. The zero-order valence-electron chi connectivity index (χ0n) is 13.6. The van der Waals surface area contributed by atoms with E-state index in [0.29, 0.717) is 10.0 Å². The summed E-state index contributed by atoms with van der Waals surface area (Å²) in [7, 11) is 0. The van der Waals surface area contributed by atoms with Crippen LogP contribution in [0.3, 0.4) is 0 Å². The van der Waals surface area contributed by atoms with Crippen LogP contribution in [0.25, 0.3) is 6.08 Å². The molecule has 0 saturated carbocycles. The summed E-state index contributed by atoms with van der Waals surface area (Å²) in [5.74, 6) is 0.932. The van der Waals surface area contributed by atoms with Gasteiger partial charge in [-0.05, 0) is 60.4 Å². The fourth-order valence-corrected chi connectivity index (χ4v) is 3.14. The normalized spacial score (nSPS) is 13.7. The Labute approximate surface area is 152 Å². The van der Waals surface area contributed by atoms with E-state index in [4.69, 9.17) is 27.9 Å². The number of benzene rings is 2. The minimum atomic E-state index is 0.636. The van der Waals surface area contributed by atoms with Crippen LogP contribution in [0.2, 0.25) is 10.0 Å². The number of halogens is 2. The molecule has 0 saturated heterocycles. The Kier molecular flexibility index (Phi) is 5.60. The summed E-state index contributed by atoms with van der Waals surface area (Å²) < 4.78 is 5.72. The minimum Gasteiger partial charge on any atom is -0.494 e. The maximum absolute atomic E-state index is 6.22. The molecule has 2 aromatic rings. The van der Waals surface area contributed by atoms with Crippen LogP contribution in [0, 0.1) is 0 Å². The Hall–Kier alpha value is -1.77. The Balaban J connectivity index is 1.83. The van der Waals surface area contributed by atoms with Crippen molar-refractivity contribution in [2.75, 3.05) is 13.2 Å². The predicted molar refractivity (Wildman–Crippen MR) is 103 cm³/mol. The molecule has 3 rings (SSSR count). The molecule has 0 spiro atoms. The lowest BCUT2D eigenvalue weighted by atomic mass is 9.96. The van der Waals surface area contributed by atoms with Crippen molar-refractivity contribution in [3.8, 4) is 5.75 Å². The number of fused-ring (bicyclic) bond motifs is 1. The van der Waals surface area contributed by atoms with Gasteiger partial charge in [-0.15, -0.1) is 0 Å². The van der Waals surface area contributed by atoms with Crippen LogP contribution in [-0.2, 0) is 6.42 Å². The van der Waals surface area contributed by atoms with Gasteiger partial charge in [-0.25, -0.2) is 0 Å². The van der Waals surface area contributed by atoms with Gasteiger partial charge in [0.25, 0.3) is 0 Å². The van der Waals surface area contributed by atoms with Gasteiger partial charge in [-0.2, -0.15) is 0 Å². The lowest BCUT2D eigenvalue weighted by Crippen LogP contribution is -2.11. The summed E-state index contributed by atoms with van der Waals surface area (Å²) >= 11 is 12.2. The molecule has 1 heterocycles. The number of hydrogen-bond donors (Lipinski definition) is 0. The van der Waals surface area contributed by atoms with Gasteiger partial charge in [0, 0.05) is 22.2 Å². The van der Waals surface area contributed by atoms with Crippen molar-refractivity contribution in [3.63, 3.8) is 0 Å². The lowest BCUT2D eigenvalue weighted by molar-refractivity contribution is 0.317. The second-order valence-corrected chi connectivity index (χ2v) is 6.53. The molecule has 0 aliphatic carbocycles. The van der Waals surface area contributed by atoms with Crippen LogP contribution in [0.1, 0.15) is 30.0 Å². The highest BCUT2D eigenvalue weighted by Gasteiger charge is 2.13. The van der Waals surface area contributed by atoms with Crippen molar-refractivity contribution in [1.29, 1.82) is 0 Å². The topological polar surface area (TPSA) is 21.6 Å². The monoisotopic (exact) mass is 359 g/mol. The Bertz CT molecular complexity index is 796. The van der Waals surface area contributed by atoms with Gasteiger partial charge < -0.3 is 4.74 Å². The molecule has 0 fully saturated rings. The first-order valence-electron chi connectivity index (χ1n) is 8.11. The average molecular weight is 360 g/mol. The molecule has 0 bridgehead atoms. The van der Waals surface area contributed by atoms with E-state index in [0.717, 1.165) is 48.6 Å². The van der Waals surface area contributed by atoms with Gasteiger partial charge in [0.1, 0.15) is 5.75 Å². The summed E-state index contributed by atoms with van der Waals surface area (Å²) in [4.78, 5) is 4.64. The van der Waals surface area contributed by atoms with Gasteiger partial charge in [0.15, 0.2) is 0 Å². The highest BCUT2D eigenvalue weighted by molar-refractivity contribution is 6.35. The van der Waals surface area contributed by atoms with E-state index in [1.54, 1.807) is 6.07 Å². The number of allylic oxidation sites excluding steroid dienone is 1. The van der Waals surface area contributed by atoms with Crippen LogP contribution in [0.4, 0.5) is 0 Å². The number of hydrogen-bond acceptors (Lipinski definition) is 2. The first kappa shape index (κ1) is 17.1. The standard InChI is InChI=1S/C20H19Cl2NO/c1-2-11-24-17-6-7-18-15(12-17)9-10-23-20(18)8-4-14-3-5-16(21)13-19(14)22/h3-8,12-13H,2,9-11H2,1H3. The van der Waals surface area contributed by atoms with Gasteiger partial charge in [-0.1, -0.05) is 42.3 Å². The highest BCUT2D eigenvalue weighted by atomic mass is 35.5. The van der Waals surface area contributed by atoms with Crippen LogP contribution in [0.5, 0.6) is 5.75 Å². The molecule has 124 valence electrons. The van der Waals surface area contributed by atoms with Gasteiger partial charge in [0.2, 0.25) is 0 Å². The number of ether oxygens (including phenoxy) is 1. The third kappa shape index (κ3) is 4.00. The molecule has 0 radical (unpaired) electrons. The van der Waals surface area contributed by atoms with E-state index in [2.05, 4.69) is 24.0 Å². The number of nitrogens with zero attached hydrogens (tertiary/aromatic N) is 1. The van der Waals surface area contributed by atoms with Crippen molar-refractivity contribution < 1.29 is 4.74 Å². The third-order valence-electron chi connectivity index (χ3n) is 3.87. The molecule has 1 aliphatic heterocycles. The second kappa shape index (κ2) is 7.87. The van der Waals surface area contributed by atoms with Crippen LogP contribution >= 0.6 is 23.2 Å². The molecule has 1 aliphatic rings. The van der Waals surface area contributed by atoms with E-state index in [9.17, 15) is 0 Å². The maximum atomic E-state index is 6.22. The maximum Gasteiger partial charge on any atom is 0.119 e. The first-order chi connectivity index (χ1) is 11.7. The largest absolute Gasteiger partial charge is 0.494 e. The van der Waals surface area contributed by atoms with Crippen molar-refractivity contribution in [3.05, 3.63) is 69.2 Å². The molecular weight excluding hydrogens is 341 g/mol. The van der Waals surface area contributed by atoms with E-state index >= 15 is 0 Å². The molecule has 0 unspecified atom stereocenters. The summed E-state index contributed by atoms with van der Waals surface area (Å²) in [5.41, 5.74) is 4.34. The fraction of sp³-hybridized carbons (Fsp3) is 0.250. The lowest BCUT2D eigenvalue weighted by Gasteiger charge is -2.16. The molecule has 0 aromatic heterocycles.